The number of halogens is 1. The van der Waals surface area contributed by atoms with Gasteiger partial charge in [-0.2, -0.15) is 5.10 Å². The molecule has 0 aliphatic heterocycles. The molecule has 0 spiro atoms. The van der Waals surface area contributed by atoms with Crippen molar-refractivity contribution in [2.45, 2.75) is 64.1 Å². The third-order valence-corrected chi connectivity index (χ3v) is 10.4. The predicted octanol–water partition coefficient (Wildman–Crippen LogP) is 3.64. The minimum Gasteiger partial charge on any atom is -0.393 e. The van der Waals surface area contributed by atoms with Crippen molar-refractivity contribution >= 4 is 12.0 Å². The molecule has 4 aliphatic rings. The van der Waals surface area contributed by atoms with Crippen molar-refractivity contribution < 1.29 is 19.4 Å². The summed E-state index contributed by atoms with van der Waals surface area (Å²) in [6.07, 6.45) is 12.9. The first-order chi connectivity index (χ1) is 17.6. The molecule has 1 heterocycles. The Hall–Kier alpha value is -2.95. The molecule has 6 rings (SSSR count). The summed E-state index contributed by atoms with van der Waals surface area (Å²) in [5, 5.41) is 30.7. The summed E-state index contributed by atoms with van der Waals surface area (Å²) in [5.74, 6) is 2.10. The summed E-state index contributed by atoms with van der Waals surface area (Å²) in [4.78, 5) is 13.0. The van der Waals surface area contributed by atoms with Crippen LogP contribution in [0.25, 0.3) is 11.8 Å². The number of amides is 1. The molecule has 1 aromatic carbocycles. The number of aliphatic hydroxyl groups excluding tert-OH is 1. The van der Waals surface area contributed by atoms with E-state index in [0.717, 1.165) is 42.6 Å². The van der Waals surface area contributed by atoms with Gasteiger partial charge >= 0.3 is 0 Å². The molecule has 3 fully saturated rings. The Bertz CT molecular complexity index is 1330. The average Bonchev–Trinajstić information content (AvgIpc) is 3.38. The summed E-state index contributed by atoms with van der Waals surface area (Å²) in [6.45, 7) is 4.33. The number of benzene rings is 1. The van der Waals surface area contributed by atoms with Crippen molar-refractivity contribution in [3.05, 3.63) is 53.1 Å². The van der Waals surface area contributed by atoms with E-state index in [1.54, 1.807) is 12.1 Å². The first-order valence-corrected chi connectivity index (χ1v) is 13.3. The van der Waals surface area contributed by atoms with E-state index in [2.05, 4.69) is 29.3 Å². The fraction of sp³-hybridized carbons (Fsp3) is 0.533. The zero-order valence-electron chi connectivity index (χ0n) is 21.4. The van der Waals surface area contributed by atoms with Crippen LogP contribution in [-0.2, 0) is 11.2 Å². The number of hydrogen-bond donors (Lipinski definition) is 3. The van der Waals surface area contributed by atoms with E-state index < -0.39 is 23.0 Å². The lowest BCUT2D eigenvalue weighted by atomic mass is 9.45. The monoisotopic (exact) mass is 503 g/mol. The van der Waals surface area contributed by atoms with Crippen molar-refractivity contribution in [2.24, 2.45) is 28.6 Å². The summed E-state index contributed by atoms with van der Waals surface area (Å²) < 4.78 is 15.4. The lowest BCUT2D eigenvalue weighted by molar-refractivity contribution is -0.180. The molecule has 37 heavy (non-hydrogen) atoms. The van der Waals surface area contributed by atoms with Crippen LogP contribution in [0.4, 0.5) is 4.39 Å². The van der Waals surface area contributed by atoms with Crippen LogP contribution in [0, 0.1) is 46.7 Å². The summed E-state index contributed by atoms with van der Waals surface area (Å²) >= 11 is 0. The van der Waals surface area contributed by atoms with Gasteiger partial charge in [0.05, 0.1) is 30.2 Å². The van der Waals surface area contributed by atoms with E-state index >= 15 is 0 Å². The largest absolute Gasteiger partial charge is 0.393 e. The highest BCUT2D eigenvalue weighted by Gasteiger charge is 2.68. The highest BCUT2D eigenvalue weighted by molar-refractivity contribution is 5.86. The Labute approximate surface area is 217 Å². The second-order valence-corrected chi connectivity index (χ2v) is 12.0. The highest BCUT2D eigenvalue weighted by atomic mass is 19.1. The van der Waals surface area contributed by atoms with Gasteiger partial charge in [-0.25, -0.2) is 9.07 Å². The Balaban J connectivity index is 1.33. The smallest absolute Gasteiger partial charge is 0.253 e. The Kier molecular flexibility index (Phi) is 5.46. The summed E-state index contributed by atoms with van der Waals surface area (Å²) in [6, 6.07) is 6.36. The molecule has 0 bridgehead atoms. The van der Waals surface area contributed by atoms with E-state index in [1.165, 1.54) is 17.7 Å². The van der Waals surface area contributed by atoms with Crippen LogP contribution in [0.3, 0.4) is 0 Å². The van der Waals surface area contributed by atoms with Gasteiger partial charge in [0.1, 0.15) is 11.4 Å². The first-order valence-electron chi connectivity index (χ1n) is 13.3. The predicted molar refractivity (Wildman–Crippen MR) is 138 cm³/mol. The van der Waals surface area contributed by atoms with Gasteiger partial charge in [-0.3, -0.25) is 4.79 Å². The van der Waals surface area contributed by atoms with Crippen molar-refractivity contribution in [3.63, 3.8) is 0 Å². The number of fused-ring (bicyclic) bond motifs is 6. The molecule has 1 aromatic heterocycles. The number of aliphatic hydroxyl groups is 2. The topological polar surface area (TPSA) is 87.4 Å². The average molecular weight is 504 g/mol. The third kappa shape index (κ3) is 3.31. The number of aromatic nitrogens is 2. The second kappa shape index (κ2) is 8.28. The zero-order chi connectivity index (χ0) is 26.2. The number of terminal acetylenes is 1. The van der Waals surface area contributed by atoms with Crippen molar-refractivity contribution in [2.75, 3.05) is 6.54 Å². The second-order valence-electron chi connectivity index (χ2n) is 12.0. The van der Waals surface area contributed by atoms with Gasteiger partial charge < -0.3 is 15.5 Å². The number of nitrogens with zero attached hydrogens (tertiary/aromatic N) is 2. The van der Waals surface area contributed by atoms with E-state index in [-0.39, 0.29) is 35.5 Å². The Morgan fingerprint density at radius 2 is 2.05 bits per heavy atom. The van der Waals surface area contributed by atoms with Crippen LogP contribution >= 0.6 is 0 Å². The maximum atomic E-state index is 13.5. The van der Waals surface area contributed by atoms with Crippen molar-refractivity contribution in [1.29, 1.82) is 0 Å². The maximum absolute atomic E-state index is 13.5. The van der Waals surface area contributed by atoms with Gasteiger partial charge in [-0.1, -0.05) is 25.3 Å². The molecule has 6 nitrogen and oxygen atoms in total. The van der Waals surface area contributed by atoms with Crippen LogP contribution < -0.4 is 5.32 Å². The number of carbonyl (C=O) groups excluding carboxylic acids is 1. The van der Waals surface area contributed by atoms with Gasteiger partial charge in [-0.15, -0.1) is 6.42 Å². The Morgan fingerprint density at radius 3 is 2.78 bits per heavy atom. The van der Waals surface area contributed by atoms with Crippen LogP contribution in [0.1, 0.15) is 57.2 Å². The molecule has 2 aromatic rings. The highest BCUT2D eigenvalue weighted by Crippen LogP contribution is 2.67. The molecule has 4 aliphatic carbocycles. The van der Waals surface area contributed by atoms with Crippen LogP contribution in [0.2, 0.25) is 0 Å². The van der Waals surface area contributed by atoms with E-state index in [1.807, 2.05) is 17.8 Å². The fourth-order valence-corrected chi connectivity index (χ4v) is 8.63. The quantitative estimate of drug-likeness (QED) is 0.558. The van der Waals surface area contributed by atoms with E-state index in [4.69, 9.17) is 6.42 Å². The van der Waals surface area contributed by atoms with Crippen LogP contribution in [0.5, 0.6) is 0 Å². The van der Waals surface area contributed by atoms with Gasteiger partial charge in [0.15, 0.2) is 0 Å². The van der Waals surface area contributed by atoms with E-state index in [0.29, 0.717) is 12.8 Å². The lowest BCUT2D eigenvalue weighted by Crippen LogP contribution is -2.63. The molecular weight excluding hydrogens is 469 g/mol. The molecule has 194 valence electrons. The molecule has 7 heteroatoms. The number of hydrogen-bond acceptors (Lipinski definition) is 4. The molecule has 7 atom stereocenters. The lowest BCUT2D eigenvalue weighted by Gasteiger charge is -2.60. The number of allylic oxidation sites excluding steroid dienone is 1. The molecular formula is C30H34FN3O3. The minimum atomic E-state index is -1.53. The van der Waals surface area contributed by atoms with Gasteiger partial charge in [0, 0.05) is 5.41 Å². The maximum Gasteiger partial charge on any atom is 0.253 e. The number of carbonyl (C=O) groups is 1. The minimum absolute atomic E-state index is 0.0315. The fourth-order valence-electron chi connectivity index (χ4n) is 8.63. The van der Waals surface area contributed by atoms with Gasteiger partial charge in [0.25, 0.3) is 5.91 Å². The van der Waals surface area contributed by atoms with Crippen LogP contribution in [-0.4, -0.2) is 44.2 Å². The van der Waals surface area contributed by atoms with E-state index in [9.17, 15) is 19.4 Å². The molecule has 3 unspecified atom stereocenters. The Morgan fingerprint density at radius 1 is 1.30 bits per heavy atom. The molecule has 0 saturated heterocycles. The normalized spacial score (nSPS) is 37.9. The SMILES string of the molecule is C#CCNC(=O)[C@@]1(O)CCC2C3CCC4=Cc5c(cnn5-c5ccc(F)cc5)C[C@]4(C)C3[C@@H](O)C[C@@]21C. The number of rotatable bonds is 3. The van der Waals surface area contributed by atoms with Gasteiger partial charge in [-0.05, 0) is 97.6 Å². The molecule has 0 radical (unpaired) electrons. The van der Waals surface area contributed by atoms with Crippen molar-refractivity contribution in [3.8, 4) is 18.0 Å². The molecule has 3 N–H and O–H groups in total. The first kappa shape index (κ1) is 24.4. The summed E-state index contributed by atoms with van der Waals surface area (Å²) in [7, 11) is 0. The third-order valence-electron chi connectivity index (χ3n) is 10.4. The summed E-state index contributed by atoms with van der Waals surface area (Å²) in [5.41, 5.74) is 1.79. The molecule has 3 saturated carbocycles. The molecule has 1 amide bonds. The standard InChI is InChI=1S/C30H34FN3O3/c1-4-13-32-27(36)30(37)12-11-23-22-10-5-19-14-24-18(17-33-34(24)21-8-6-20(31)7-9-21)15-28(19,2)26(22)25(35)16-29(23,30)3/h1,6-9,14,17,22-23,25-26,35,37H,5,10-13,15-16H2,2-3H3,(H,32,36)/t22?,23?,25-,26?,28-,29-,30-/m0/s1. The van der Waals surface area contributed by atoms with Crippen LogP contribution in [0.15, 0.2) is 36.0 Å². The number of nitrogens with one attached hydrogen (secondary N) is 1. The van der Waals surface area contributed by atoms with Gasteiger partial charge in [0.2, 0.25) is 0 Å². The zero-order valence-corrected chi connectivity index (χ0v) is 21.4. The van der Waals surface area contributed by atoms with Crippen molar-refractivity contribution in [1.82, 2.24) is 15.1 Å².